The number of hydrogen-bond donors (Lipinski definition) is 2. The van der Waals surface area contributed by atoms with Crippen LogP contribution in [0.3, 0.4) is 0 Å². The molecule has 0 bridgehead atoms. The average Bonchev–Trinajstić information content (AvgIpc) is 3.56. The molecule has 0 atom stereocenters. The van der Waals surface area contributed by atoms with Crippen LogP contribution in [0.25, 0.3) is 0 Å². The maximum Gasteiger partial charge on any atom is 0.240 e. The van der Waals surface area contributed by atoms with E-state index in [1.807, 2.05) is 18.2 Å². The molecule has 0 spiro atoms. The molecule has 6 nitrogen and oxygen atoms in total. The van der Waals surface area contributed by atoms with Crippen molar-refractivity contribution in [3.8, 4) is 11.5 Å². The van der Waals surface area contributed by atoms with Gasteiger partial charge in [0.2, 0.25) is 11.8 Å². The number of para-hydroxylation sites is 1. The standard InChI is InChI=1S/C23H28N2O4/c1-5-15-8-7-9-16(6-2)20(15)25-22(27)23(12-13-23)21(26)24-18-14-17(28-3)10-11-19(18)29-4/h7-11,14H,5-6,12-13H2,1-4H3,(H,24,26)(H,25,27). The van der Waals surface area contributed by atoms with Gasteiger partial charge in [0.15, 0.2) is 0 Å². The molecule has 6 heteroatoms. The highest BCUT2D eigenvalue weighted by molar-refractivity contribution is 6.17. The maximum atomic E-state index is 13.1. The first kappa shape index (κ1) is 20.7. The Morgan fingerprint density at radius 1 is 0.931 bits per heavy atom. The van der Waals surface area contributed by atoms with Crippen molar-refractivity contribution in [3.63, 3.8) is 0 Å². The summed E-state index contributed by atoms with van der Waals surface area (Å²) in [6.45, 7) is 4.11. The predicted molar refractivity (Wildman–Crippen MR) is 114 cm³/mol. The molecule has 2 N–H and O–H groups in total. The van der Waals surface area contributed by atoms with Gasteiger partial charge < -0.3 is 20.1 Å². The Morgan fingerprint density at radius 3 is 2.07 bits per heavy atom. The SMILES string of the molecule is CCc1cccc(CC)c1NC(=O)C1(C(=O)Nc2cc(OC)ccc2OC)CC1. The van der Waals surface area contributed by atoms with E-state index < -0.39 is 5.41 Å². The number of methoxy groups -OCH3 is 2. The minimum absolute atomic E-state index is 0.257. The molecule has 0 aliphatic heterocycles. The summed E-state index contributed by atoms with van der Waals surface area (Å²) in [5.74, 6) is 0.529. The van der Waals surface area contributed by atoms with Gasteiger partial charge in [-0.25, -0.2) is 0 Å². The fourth-order valence-electron chi connectivity index (χ4n) is 3.47. The monoisotopic (exact) mass is 396 g/mol. The van der Waals surface area contributed by atoms with E-state index in [9.17, 15) is 9.59 Å². The normalized spacial score (nSPS) is 14.1. The molecule has 1 aliphatic rings. The van der Waals surface area contributed by atoms with Crippen LogP contribution in [-0.2, 0) is 22.4 Å². The Labute approximate surface area is 171 Å². The molecule has 0 radical (unpaired) electrons. The summed E-state index contributed by atoms with van der Waals surface area (Å²) in [6, 6.07) is 11.2. The van der Waals surface area contributed by atoms with Gasteiger partial charge in [-0.05, 0) is 48.9 Å². The number of amides is 2. The Kier molecular flexibility index (Phi) is 6.11. The molecule has 3 rings (SSSR count). The summed E-state index contributed by atoms with van der Waals surface area (Å²) in [6.07, 6.45) is 2.66. The highest BCUT2D eigenvalue weighted by atomic mass is 16.5. The quantitative estimate of drug-likeness (QED) is 0.656. The largest absolute Gasteiger partial charge is 0.497 e. The number of carbonyl (C=O) groups excluding carboxylic acids is 2. The van der Waals surface area contributed by atoms with Gasteiger partial charge >= 0.3 is 0 Å². The molecular weight excluding hydrogens is 368 g/mol. The van der Waals surface area contributed by atoms with Gasteiger partial charge in [0, 0.05) is 11.8 Å². The van der Waals surface area contributed by atoms with Gasteiger partial charge in [0.25, 0.3) is 0 Å². The summed E-state index contributed by atoms with van der Waals surface area (Å²) in [7, 11) is 3.09. The zero-order valence-corrected chi connectivity index (χ0v) is 17.4. The van der Waals surface area contributed by atoms with E-state index in [4.69, 9.17) is 9.47 Å². The molecule has 2 aromatic rings. The topological polar surface area (TPSA) is 76.7 Å². The molecule has 2 amide bonds. The van der Waals surface area contributed by atoms with Crippen molar-refractivity contribution in [1.29, 1.82) is 0 Å². The third-order valence-corrected chi connectivity index (χ3v) is 5.51. The second-order valence-corrected chi connectivity index (χ2v) is 7.21. The lowest BCUT2D eigenvalue weighted by atomic mass is 10.0. The summed E-state index contributed by atoms with van der Waals surface area (Å²) in [5.41, 5.74) is 2.41. The third-order valence-electron chi connectivity index (χ3n) is 5.51. The molecule has 0 unspecified atom stereocenters. The third kappa shape index (κ3) is 4.06. The Hall–Kier alpha value is -3.02. The van der Waals surface area contributed by atoms with Gasteiger partial charge in [-0.3, -0.25) is 9.59 Å². The first-order valence-corrected chi connectivity index (χ1v) is 9.94. The molecule has 29 heavy (non-hydrogen) atoms. The van der Waals surface area contributed by atoms with Crippen LogP contribution in [0.5, 0.6) is 11.5 Å². The average molecular weight is 396 g/mol. The van der Waals surface area contributed by atoms with Crippen molar-refractivity contribution in [2.75, 3.05) is 24.9 Å². The van der Waals surface area contributed by atoms with Crippen molar-refractivity contribution >= 4 is 23.2 Å². The first-order valence-electron chi connectivity index (χ1n) is 9.94. The van der Waals surface area contributed by atoms with Crippen LogP contribution in [0.2, 0.25) is 0 Å². The van der Waals surface area contributed by atoms with Crippen LogP contribution in [-0.4, -0.2) is 26.0 Å². The van der Waals surface area contributed by atoms with Crippen LogP contribution in [0.4, 0.5) is 11.4 Å². The van der Waals surface area contributed by atoms with Crippen LogP contribution in [0.15, 0.2) is 36.4 Å². The fraction of sp³-hybridized carbons (Fsp3) is 0.391. The number of benzene rings is 2. The molecule has 1 fully saturated rings. The van der Waals surface area contributed by atoms with E-state index in [-0.39, 0.29) is 11.8 Å². The molecule has 1 saturated carbocycles. The van der Waals surface area contributed by atoms with Crippen LogP contribution in [0, 0.1) is 5.41 Å². The minimum Gasteiger partial charge on any atom is -0.497 e. The summed E-state index contributed by atoms with van der Waals surface area (Å²) >= 11 is 0. The van der Waals surface area contributed by atoms with Crippen LogP contribution >= 0.6 is 0 Å². The summed E-state index contributed by atoms with van der Waals surface area (Å²) < 4.78 is 10.6. The maximum absolute atomic E-state index is 13.1. The van der Waals surface area contributed by atoms with E-state index in [0.717, 1.165) is 29.7 Å². The molecule has 2 aromatic carbocycles. The molecule has 1 aliphatic carbocycles. The highest BCUT2D eigenvalue weighted by Crippen LogP contribution is 2.48. The number of rotatable bonds is 8. The number of aryl methyl sites for hydroxylation is 2. The Morgan fingerprint density at radius 2 is 1.55 bits per heavy atom. The lowest BCUT2D eigenvalue weighted by Crippen LogP contribution is -2.36. The molecular formula is C23H28N2O4. The lowest BCUT2D eigenvalue weighted by molar-refractivity contribution is -0.131. The van der Waals surface area contributed by atoms with Crippen molar-refractivity contribution in [1.82, 2.24) is 0 Å². The zero-order valence-electron chi connectivity index (χ0n) is 17.4. The highest BCUT2D eigenvalue weighted by Gasteiger charge is 2.56. The van der Waals surface area contributed by atoms with E-state index in [1.54, 1.807) is 25.3 Å². The molecule has 154 valence electrons. The minimum atomic E-state index is -1.06. The van der Waals surface area contributed by atoms with Crippen molar-refractivity contribution in [2.45, 2.75) is 39.5 Å². The predicted octanol–water partition coefficient (Wildman–Crippen LogP) is 4.19. The van der Waals surface area contributed by atoms with Crippen molar-refractivity contribution in [3.05, 3.63) is 47.5 Å². The smallest absolute Gasteiger partial charge is 0.240 e. The molecule has 0 heterocycles. The number of anilines is 2. The van der Waals surface area contributed by atoms with E-state index in [0.29, 0.717) is 30.0 Å². The van der Waals surface area contributed by atoms with E-state index in [2.05, 4.69) is 24.5 Å². The van der Waals surface area contributed by atoms with Gasteiger partial charge in [0.1, 0.15) is 16.9 Å². The van der Waals surface area contributed by atoms with Crippen LogP contribution in [0.1, 0.15) is 37.8 Å². The van der Waals surface area contributed by atoms with Gasteiger partial charge in [-0.2, -0.15) is 0 Å². The second-order valence-electron chi connectivity index (χ2n) is 7.21. The summed E-state index contributed by atoms with van der Waals surface area (Å²) in [4.78, 5) is 26.2. The Balaban J connectivity index is 1.82. The van der Waals surface area contributed by atoms with E-state index in [1.165, 1.54) is 7.11 Å². The van der Waals surface area contributed by atoms with Gasteiger partial charge in [-0.15, -0.1) is 0 Å². The van der Waals surface area contributed by atoms with Gasteiger partial charge in [0.05, 0.1) is 19.9 Å². The summed E-state index contributed by atoms with van der Waals surface area (Å²) in [5, 5.41) is 5.90. The number of hydrogen-bond acceptors (Lipinski definition) is 4. The number of nitrogens with one attached hydrogen (secondary N) is 2. The first-order chi connectivity index (χ1) is 14.0. The Bertz CT molecular complexity index is 897. The number of carbonyl (C=O) groups is 2. The molecule has 0 saturated heterocycles. The van der Waals surface area contributed by atoms with E-state index >= 15 is 0 Å². The number of ether oxygens (including phenoxy) is 2. The zero-order chi connectivity index (χ0) is 21.0. The fourth-order valence-corrected chi connectivity index (χ4v) is 3.47. The lowest BCUT2D eigenvalue weighted by Gasteiger charge is -2.20. The van der Waals surface area contributed by atoms with Gasteiger partial charge in [-0.1, -0.05) is 32.0 Å². The second kappa shape index (κ2) is 8.55. The van der Waals surface area contributed by atoms with Crippen molar-refractivity contribution in [2.24, 2.45) is 5.41 Å². The van der Waals surface area contributed by atoms with Crippen molar-refractivity contribution < 1.29 is 19.1 Å². The molecule has 0 aromatic heterocycles. The van der Waals surface area contributed by atoms with Crippen LogP contribution < -0.4 is 20.1 Å².